The minimum absolute atomic E-state index is 0.0987. The molecule has 0 saturated carbocycles. The number of fused-ring (bicyclic) bond motifs is 1. The molecule has 3 heteroatoms. The molecule has 0 bridgehead atoms. The summed E-state index contributed by atoms with van der Waals surface area (Å²) in [5, 5.41) is 0.767. The fourth-order valence-electron chi connectivity index (χ4n) is 1.91. The van der Waals surface area contributed by atoms with E-state index in [4.69, 9.17) is 0 Å². The highest BCUT2D eigenvalue weighted by atomic mass is 79.9. The number of halogens is 1. The molecule has 16 heavy (non-hydrogen) atoms. The lowest BCUT2D eigenvalue weighted by molar-refractivity contribution is 1.04. The maximum Gasteiger partial charge on any atom is 0.189 e. The Labute approximate surface area is 103 Å². The van der Waals surface area contributed by atoms with Crippen LogP contribution in [0.3, 0.4) is 0 Å². The van der Waals surface area contributed by atoms with Gasteiger partial charge in [-0.05, 0) is 30.5 Å². The molecule has 0 radical (unpaired) electrons. The number of pyridine rings is 1. The number of nitrogens with one attached hydrogen (secondary N) is 1. The molecule has 0 aliphatic carbocycles. The summed E-state index contributed by atoms with van der Waals surface area (Å²) in [6.07, 6.45) is 1.77. The molecule has 0 unspecified atom stereocenters. The van der Waals surface area contributed by atoms with Gasteiger partial charge in [0.05, 0.1) is 5.52 Å². The fourth-order valence-corrected chi connectivity index (χ4v) is 2.41. The molecule has 84 valence electrons. The first-order valence-electron chi connectivity index (χ1n) is 5.50. The van der Waals surface area contributed by atoms with Crippen LogP contribution in [0.25, 0.3) is 10.9 Å². The van der Waals surface area contributed by atoms with Crippen LogP contribution in [0.5, 0.6) is 0 Å². The van der Waals surface area contributed by atoms with Gasteiger partial charge in [0.2, 0.25) is 0 Å². The molecule has 0 saturated heterocycles. The van der Waals surface area contributed by atoms with Crippen molar-refractivity contribution >= 4 is 26.8 Å². The molecule has 2 rings (SSSR count). The van der Waals surface area contributed by atoms with Crippen molar-refractivity contribution in [3.63, 3.8) is 0 Å². The Morgan fingerprint density at radius 1 is 1.19 bits per heavy atom. The Morgan fingerprint density at radius 2 is 1.94 bits per heavy atom. The molecule has 0 amide bonds. The van der Waals surface area contributed by atoms with E-state index in [1.54, 1.807) is 6.07 Å². The quantitative estimate of drug-likeness (QED) is 0.898. The van der Waals surface area contributed by atoms with Gasteiger partial charge >= 0.3 is 0 Å². The van der Waals surface area contributed by atoms with Crippen LogP contribution >= 0.6 is 15.9 Å². The molecular formula is C13H14BrNO. The normalized spacial score (nSPS) is 10.9. The molecule has 1 aromatic carbocycles. The van der Waals surface area contributed by atoms with Crippen LogP contribution in [0.4, 0.5) is 0 Å². The molecule has 0 fully saturated rings. The molecule has 0 atom stereocenters. The highest BCUT2D eigenvalue weighted by molar-refractivity contribution is 9.10. The molecule has 1 heterocycles. The molecule has 2 aromatic rings. The van der Waals surface area contributed by atoms with Gasteiger partial charge in [-0.2, -0.15) is 0 Å². The van der Waals surface area contributed by atoms with E-state index in [0.29, 0.717) is 0 Å². The Balaban J connectivity index is 2.89. The van der Waals surface area contributed by atoms with E-state index in [9.17, 15) is 4.79 Å². The molecule has 0 aliphatic heterocycles. The zero-order chi connectivity index (χ0) is 11.7. The standard InChI is InChI=1S/C13H14BrNO/c1-3-8-5-9(14)6-11-12(16)7-10(4-2)15-13(8)11/h5-7H,3-4H2,1-2H3,(H,15,16). The Morgan fingerprint density at radius 3 is 2.56 bits per heavy atom. The summed E-state index contributed by atoms with van der Waals surface area (Å²) in [6.45, 7) is 4.14. The highest BCUT2D eigenvalue weighted by Crippen LogP contribution is 2.21. The fraction of sp³-hybridized carbons (Fsp3) is 0.308. The lowest BCUT2D eigenvalue weighted by Gasteiger charge is -2.07. The maximum atomic E-state index is 11.9. The van der Waals surface area contributed by atoms with Gasteiger partial charge in [0, 0.05) is 21.6 Å². The molecule has 1 N–H and O–H groups in total. The molecule has 0 aliphatic rings. The number of aryl methyl sites for hydroxylation is 2. The van der Waals surface area contributed by atoms with Crippen LogP contribution in [0.2, 0.25) is 0 Å². The van der Waals surface area contributed by atoms with Crippen molar-refractivity contribution in [1.82, 2.24) is 4.98 Å². The second kappa shape index (κ2) is 4.42. The molecular weight excluding hydrogens is 266 g/mol. The average molecular weight is 280 g/mol. The lowest BCUT2D eigenvalue weighted by Crippen LogP contribution is -2.06. The van der Waals surface area contributed by atoms with E-state index in [1.165, 1.54) is 5.56 Å². The predicted octanol–water partition coefficient (Wildman–Crippen LogP) is 3.42. The van der Waals surface area contributed by atoms with E-state index in [1.807, 2.05) is 13.0 Å². The van der Waals surface area contributed by atoms with Crippen LogP contribution < -0.4 is 5.43 Å². The number of H-pyrrole nitrogens is 1. The van der Waals surface area contributed by atoms with Crippen molar-refractivity contribution in [1.29, 1.82) is 0 Å². The van der Waals surface area contributed by atoms with E-state index in [0.717, 1.165) is 33.9 Å². The van der Waals surface area contributed by atoms with Crippen LogP contribution in [-0.4, -0.2) is 4.98 Å². The topological polar surface area (TPSA) is 32.9 Å². The van der Waals surface area contributed by atoms with Gasteiger partial charge < -0.3 is 4.98 Å². The number of aromatic nitrogens is 1. The third-order valence-corrected chi connectivity index (χ3v) is 3.26. The first-order chi connectivity index (χ1) is 7.65. The lowest BCUT2D eigenvalue weighted by atomic mass is 10.1. The zero-order valence-corrected chi connectivity index (χ0v) is 11.0. The van der Waals surface area contributed by atoms with Gasteiger partial charge in [-0.25, -0.2) is 0 Å². The van der Waals surface area contributed by atoms with Crippen LogP contribution in [-0.2, 0) is 12.8 Å². The number of benzene rings is 1. The predicted molar refractivity (Wildman–Crippen MR) is 71.0 cm³/mol. The summed E-state index contributed by atoms with van der Waals surface area (Å²) in [5.41, 5.74) is 3.25. The van der Waals surface area contributed by atoms with Crippen molar-refractivity contribution in [2.75, 3.05) is 0 Å². The minimum atomic E-state index is 0.0987. The van der Waals surface area contributed by atoms with Crippen LogP contribution in [0.1, 0.15) is 25.1 Å². The van der Waals surface area contributed by atoms with Crippen molar-refractivity contribution in [3.8, 4) is 0 Å². The minimum Gasteiger partial charge on any atom is -0.358 e. The second-order valence-electron chi connectivity index (χ2n) is 3.85. The Hall–Kier alpha value is -1.09. The van der Waals surface area contributed by atoms with Gasteiger partial charge in [-0.1, -0.05) is 29.8 Å². The second-order valence-corrected chi connectivity index (χ2v) is 4.77. The van der Waals surface area contributed by atoms with Gasteiger partial charge in [0.25, 0.3) is 0 Å². The third-order valence-electron chi connectivity index (χ3n) is 2.80. The van der Waals surface area contributed by atoms with Crippen LogP contribution in [0.15, 0.2) is 27.5 Å². The van der Waals surface area contributed by atoms with Crippen molar-refractivity contribution in [3.05, 3.63) is 44.2 Å². The van der Waals surface area contributed by atoms with E-state index >= 15 is 0 Å². The van der Waals surface area contributed by atoms with Crippen molar-refractivity contribution in [2.45, 2.75) is 26.7 Å². The number of aromatic amines is 1. The molecule has 0 spiro atoms. The van der Waals surface area contributed by atoms with Gasteiger partial charge in [-0.3, -0.25) is 4.79 Å². The largest absolute Gasteiger partial charge is 0.358 e. The highest BCUT2D eigenvalue weighted by Gasteiger charge is 2.06. The van der Waals surface area contributed by atoms with Gasteiger partial charge in [0.15, 0.2) is 5.43 Å². The molecule has 1 aromatic heterocycles. The van der Waals surface area contributed by atoms with Crippen molar-refractivity contribution in [2.24, 2.45) is 0 Å². The summed E-state index contributed by atoms with van der Waals surface area (Å²) in [4.78, 5) is 15.3. The number of hydrogen-bond acceptors (Lipinski definition) is 1. The maximum absolute atomic E-state index is 11.9. The summed E-state index contributed by atoms with van der Waals surface area (Å²) in [5.74, 6) is 0. The van der Waals surface area contributed by atoms with E-state index < -0.39 is 0 Å². The SMILES string of the molecule is CCc1cc(=O)c2cc(Br)cc(CC)c2[nH]1. The van der Waals surface area contributed by atoms with E-state index in [-0.39, 0.29) is 5.43 Å². The summed E-state index contributed by atoms with van der Waals surface area (Å²) in [6, 6.07) is 5.64. The number of rotatable bonds is 2. The molecule has 2 nitrogen and oxygen atoms in total. The summed E-state index contributed by atoms with van der Waals surface area (Å²) in [7, 11) is 0. The first kappa shape index (κ1) is 11.4. The van der Waals surface area contributed by atoms with Gasteiger partial charge in [0.1, 0.15) is 0 Å². The average Bonchev–Trinajstić information content (AvgIpc) is 2.28. The third kappa shape index (κ3) is 1.92. The monoisotopic (exact) mass is 279 g/mol. The van der Waals surface area contributed by atoms with Gasteiger partial charge in [-0.15, -0.1) is 0 Å². The van der Waals surface area contributed by atoms with E-state index in [2.05, 4.69) is 33.9 Å². The van der Waals surface area contributed by atoms with Crippen molar-refractivity contribution < 1.29 is 0 Å². The zero-order valence-electron chi connectivity index (χ0n) is 9.43. The Kier molecular flexibility index (Phi) is 3.15. The number of hydrogen-bond donors (Lipinski definition) is 1. The summed E-state index contributed by atoms with van der Waals surface area (Å²) < 4.78 is 0.964. The van der Waals surface area contributed by atoms with Crippen LogP contribution in [0, 0.1) is 0 Å². The Bertz CT molecular complexity index is 586. The smallest absolute Gasteiger partial charge is 0.189 e. The summed E-state index contributed by atoms with van der Waals surface area (Å²) >= 11 is 3.44. The first-order valence-corrected chi connectivity index (χ1v) is 6.29.